The third-order valence-corrected chi connectivity index (χ3v) is 4.47. The van der Waals surface area contributed by atoms with E-state index in [4.69, 9.17) is 10.5 Å². The van der Waals surface area contributed by atoms with E-state index in [2.05, 4.69) is 4.99 Å². The number of nitrogens with two attached hydrogens (primary N) is 1. The molecule has 0 saturated carbocycles. The van der Waals surface area contributed by atoms with Gasteiger partial charge in [-0.05, 0) is 24.8 Å². The third kappa shape index (κ3) is 3.08. The molecule has 6 heteroatoms. The van der Waals surface area contributed by atoms with Gasteiger partial charge in [0.1, 0.15) is 10.0 Å². The number of thiophene rings is 2. The van der Waals surface area contributed by atoms with Crippen molar-refractivity contribution in [2.75, 3.05) is 12.3 Å². The van der Waals surface area contributed by atoms with Crippen molar-refractivity contribution >= 4 is 44.9 Å². The molecule has 0 atom stereocenters. The van der Waals surface area contributed by atoms with Crippen LogP contribution in [0.25, 0.3) is 0 Å². The molecule has 2 N–H and O–H groups in total. The van der Waals surface area contributed by atoms with Crippen LogP contribution in [0.1, 0.15) is 34.6 Å². The molecule has 0 aliphatic rings. The first kappa shape index (κ1) is 14.7. The van der Waals surface area contributed by atoms with E-state index in [0.717, 1.165) is 15.4 Å². The molecular weight excluding hydrogens is 292 g/mol. The molecule has 0 unspecified atom stereocenters. The Kier molecular flexibility index (Phi) is 4.92. The molecule has 2 aromatic heterocycles. The Bertz CT molecular complexity index is 615. The molecule has 2 heterocycles. The fourth-order valence-corrected chi connectivity index (χ4v) is 3.40. The van der Waals surface area contributed by atoms with Crippen molar-refractivity contribution in [2.45, 2.75) is 20.3 Å². The second-order valence-corrected chi connectivity index (χ2v) is 5.98. The second-order valence-electron chi connectivity index (χ2n) is 3.97. The number of nitrogen functional groups attached to an aromatic ring is 1. The SMILES string of the molecule is CCOC(=O)c1c(N)sc(/N=C/c2cccs2)c1CC. The van der Waals surface area contributed by atoms with Crippen molar-refractivity contribution in [1.82, 2.24) is 0 Å². The predicted octanol–water partition coefficient (Wildman–Crippen LogP) is 3.88. The molecule has 0 aliphatic heterocycles. The molecule has 2 rings (SSSR count). The largest absolute Gasteiger partial charge is 0.462 e. The van der Waals surface area contributed by atoms with Crippen molar-refractivity contribution in [3.63, 3.8) is 0 Å². The van der Waals surface area contributed by atoms with Gasteiger partial charge < -0.3 is 10.5 Å². The molecule has 0 radical (unpaired) electrons. The molecule has 4 nitrogen and oxygen atoms in total. The normalized spacial score (nSPS) is 11.1. The lowest BCUT2D eigenvalue weighted by atomic mass is 10.1. The minimum atomic E-state index is -0.365. The average molecular weight is 308 g/mol. The molecule has 0 bridgehead atoms. The lowest BCUT2D eigenvalue weighted by molar-refractivity contribution is 0.0527. The highest BCUT2D eigenvalue weighted by Crippen LogP contribution is 2.38. The summed E-state index contributed by atoms with van der Waals surface area (Å²) in [5.74, 6) is -0.365. The van der Waals surface area contributed by atoms with Crippen molar-refractivity contribution in [1.29, 1.82) is 0 Å². The van der Waals surface area contributed by atoms with Crippen LogP contribution < -0.4 is 5.73 Å². The summed E-state index contributed by atoms with van der Waals surface area (Å²) in [7, 11) is 0. The molecule has 0 aliphatic carbocycles. The van der Waals surface area contributed by atoms with E-state index in [9.17, 15) is 4.79 Å². The van der Waals surface area contributed by atoms with Crippen LogP contribution in [-0.4, -0.2) is 18.8 Å². The summed E-state index contributed by atoms with van der Waals surface area (Å²) >= 11 is 2.94. The Morgan fingerprint density at radius 2 is 2.30 bits per heavy atom. The Morgan fingerprint density at radius 3 is 2.90 bits per heavy atom. The molecular formula is C14H16N2O2S2. The first-order valence-corrected chi connectivity index (χ1v) is 8.02. The quantitative estimate of drug-likeness (QED) is 0.673. The van der Waals surface area contributed by atoms with Gasteiger partial charge in [0.05, 0.1) is 12.2 Å². The number of rotatable bonds is 5. The number of carbonyl (C=O) groups excluding carboxylic acids is 1. The fourth-order valence-electron chi connectivity index (χ4n) is 1.82. The molecule has 0 fully saturated rings. The molecule has 0 aromatic carbocycles. The lowest BCUT2D eigenvalue weighted by Gasteiger charge is -2.03. The number of ether oxygens (including phenoxy) is 1. The van der Waals surface area contributed by atoms with Crippen LogP contribution in [0.2, 0.25) is 0 Å². The van der Waals surface area contributed by atoms with Gasteiger partial charge in [-0.15, -0.1) is 11.3 Å². The van der Waals surface area contributed by atoms with E-state index in [1.165, 1.54) is 11.3 Å². The van der Waals surface area contributed by atoms with Gasteiger partial charge in [0.15, 0.2) is 0 Å². The molecule has 0 spiro atoms. The summed E-state index contributed by atoms with van der Waals surface area (Å²) in [6.07, 6.45) is 2.49. The van der Waals surface area contributed by atoms with Crippen LogP contribution in [0.3, 0.4) is 0 Å². The molecule has 2 aromatic rings. The number of anilines is 1. The van der Waals surface area contributed by atoms with Gasteiger partial charge in [-0.2, -0.15) is 0 Å². The van der Waals surface area contributed by atoms with Gasteiger partial charge in [0.2, 0.25) is 0 Å². The summed E-state index contributed by atoms with van der Waals surface area (Å²) in [6, 6.07) is 3.96. The number of nitrogens with zero attached hydrogens (tertiary/aromatic N) is 1. The van der Waals surface area contributed by atoms with E-state index in [1.807, 2.05) is 24.4 Å². The summed E-state index contributed by atoms with van der Waals surface area (Å²) in [6.45, 7) is 4.10. The lowest BCUT2D eigenvalue weighted by Crippen LogP contribution is -2.08. The maximum atomic E-state index is 11.9. The monoisotopic (exact) mass is 308 g/mol. The smallest absolute Gasteiger partial charge is 0.341 e. The predicted molar refractivity (Wildman–Crippen MR) is 85.6 cm³/mol. The summed E-state index contributed by atoms with van der Waals surface area (Å²) < 4.78 is 5.05. The van der Waals surface area contributed by atoms with Crippen LogP contribution >= 0.6 is 22.7 Å². The van der Waals surface area contributed by atoms with Crippen LogP contribution in [0.4, 0.5) is 10.0 Å². The summed E-state index contributed by atoms with van der Waals surface area (Å²) in [5.41, 5.74) is 7.27. The second kappa shape index (κ2) is 6.67. The number of hydrogen-bond acceptors (Lipinski definition) is 6. The topological polar surface area (TPSA) is 64.7 Å². The first-order chi connectivity index (χ1) is 9.67. The van der Waals surface area contributed by atoms with Gasteiger partial charge in [0.25, 0.3) is 0 Å². The van der Waals surface area contributed by atoms with Crippen LogP contribution in [0.5, 0.6) is 0 Å². The summed E-state index contributed by atoms with van der Waals surface area (Å²) in [5, 5.41) is 3.25. The van der Waals surface area contributed by atoms with E-state index in [-0.39, 0.29) is 5.97 Å². The van der Waals surface area contributed by atoms with E-state index in [0.29, 0.717) is 23.6 Å². The van der Waals surface area contributed by atoms with Crippen LogP contribution in [0, 0.1) is 0 Å². The highest BCUT2D eigenvalue weighted by molar-refractivity contribution is 7.20. The van der Waals surface area contributed by atoms with Crippen molar-refractivity contribution < 1.29 is 9.53 Å². The molecule has 106 valence electrons. The first-order valence-electron chi connectivity index (χ1n) is 6.33. The Balaban J connectivity index is 2.35. The number of aliphatic imine (C=N–C) groups is 1. The highest BCUT2D eigenvalue weighted by atomic mass is 32.1. The van der Waals surface area contributed by atoms with Gasteiger partial charge in [0, 0.05) is 16.7 Å². The van der Waals surface area contributed by atoms with Crippen LogP contribution in [0.15, 0.2) is 22.5 Å². The van der Waals surface area contributed by atoms with Gasteiger partial charge in [-0.25, -0.2) is 9.79 Å². The maximum Gasteiger partial charge on any atom is 0.341 e. The van der Waals surface area contributed by atoms with E-state index in [1.54, 1.807) is 24.5 Å². The number of esters is 1. The molecule has 0 amide bonds. The Morgan fingerprint density at radius 1 is 1.50 bits per heavy atom. The van der Waals surface area contributed by atoms with Crippen molar-refractivity contribution in [3.8, 4) is 0 Å². The molecule has 0 saturated heterocycles. The zero-order chi connectivity index (χ0) is 14.5. The van der Waals surface area contributed by atoms with Gasteiger partial charge >= 0.3 is 5.97 Å². The Hall–Kier alpha value is -1.66. The molecule has 20 heavy (non-hydrogen) atoms. The standard InChI is InChI=1S/C14H16N2O2S2/c1-3-10-11(14(17)18-4-2)12(15)20-13(10)16-8-9-6-5-7-19-9/h5-8H,3-4,15H2,1-2H3/b16-8+. The number of hydrogen-bond donors (Lipinski definition) is 1. The summed E-state index contributed by atoms with van der Waals surface area (Å²) in [4.78, 5) is 17.5. The minimum absolute atomic E-state index is 0.338. The van der Waals surface area contributed by atoms with E-state index < -0.39 is 0 Å². The van der Waals surface area contributed by atoms with Crippen molar-refractivity contribution in [2.24, 2.45) is 4.99 Å². The van der Waals surface area contributed by atoms with Gasteiger partial charge in [-0.3, -0.25) is 0 Å². The third-order valence-electron chi connectivity index (χ3n) is 2.70. The van der Waals surface area contributed by atoms with E-state index >= 15 is 0 Å². The zero-order valence-corrected chi connectivity index (χ0v) is 13.0. The minimum Gasteiger partial charge on any atom is -0.462 e. The average Bonchev–Trinajstić information content (AvgIpc) is 3.03. The highest BCUT2D eigenvalue weighted by Gasteiger charge is 2.21. The van der Waals surface area contributed by atoms with Crippen LogP contribution in [-0.2, 0) is 11.2 Å². The number of carbonyl (C=O) groups is 1. The fraction of sp³-hybridized carbons (Fsp3) is 0.286. The zero-order valence-electron chi connectivity index (χ0n) is 11.4. The van der Waals surface area contributed by atoms with Crippen molar-refractivity contribution in [3.05, 3.63) is 33.5 Å². The van der Waals surface area contributed by atoms with Gasteiger partial charge in [-0.1, -0.05) is 24.3 Å². The maximum absolute atomic E-state index is 11.9. The Labute approximate surface area is 125 Å².